The SMILES string of the molecule is Nc1c(Cl)cc2c(c1C(F)(F)F)NC=CN2.O=c1[nH]c2ccccc2[nH]c1=O. The van der Waals surface area contributed by atoms with Crippen molar-refractivity contribution in [3.8, 4) is 0 Å². The van der Waals surface area contributed by atoms with E-state index in [4.69, 9.17) is 17.3 Å². The Morgan fingerprint density at radius 2 is 1.46 bits per heavy atom. The van der Waals surface area contributed by atoms with Crippen LogP contribution in [0.4, 0.5) is 30.2 Å². The van der Waals surface area contributed by atoms with E-state index in [1.54, 1.807) is 24.3 Å². The number of anilines is 3. The first-order valence-electron chi connectivity index (χ1n) is 7.77. The number of hydrogen-bond acceptors (Lipinski definition) is 5. The van der Waals surface area contributed by atoms with E-state index in [2.05, 4.69) is 20.6 Å². The highest BCUT2D eigenvalue weighted by atomic mass is 35.5. The number of fused-ring (bicyclic) bond motifs is 2. The van der Waals surface area contributed by atoms with Crippen molar-refractivity contribution in [1.29, 1.82) is 0 Å². The fourth-order valence-corrected chi connectivity index (χ4v) is 2.74. The summed E-state index contributed by atoms with van der Waals surface area (Å²) in [6, 6.07) is 8.38. The molecule has 1 aliphatic heterocycles. The summed E-state index contributed by atoms with van der Waals surface area (Å²) < 4.78 is 38.4. The van der Waals surface area contributed by atoms with Gasteiger partial charge in [-0.3, -0.25) is 9.59 Å². The maximum atomic E-state index is 12.8. The van der Waals surface area contributed by atoms with Crippen LogP contribution in [0.5, 0.6) is 0 Å². The lowest BCUT2D eigenvalue weighted by molar-refractivity contribution is -0.136. The molecule has 28 heavy (non-hydrogen) atoms. The monoisotopic (exact) mass is 411 g/mol. The third-order valence-electron chi connectivity index (χ3n) is 3.78. The zero-order valence-electron chi connectivity index (χ0n) is 13.9. The number of hydrogen-bond donors (Lipinski definition) is 5. The number of nitrogens with one attached hydrogen (secondary N) is 4. The minimum Gasteiger partial charge on any atom is -0.397 e. The standard InChI is InChI=1S/C9H7ClF3N3.C8H6N2O2/c10-4-3-5-8(16-2-1-15-5)6(7(4)14)9(11,12)13;11-7-8(12)10-6-4-2-1-3-5(6)9-7/h1-3,15-16H,14H2;1-4H,(H,9,11)(H,10,12). The smallest absolute Gasteiger partial charge is 0.397 e. The molecular formula is C17H13ClF3N5O2. The van der Waals surface area contributed by atoms with E-state index < -0.39 is 28.5 Å². The number of benzene rings is 2. The van der Waals surface area contributed by atoms with Crippen LogP contribution in [0, 0.1) is 0 Å². The lowest BCUT2D eigenvalue weighted by Gasteiger charge is -2.22. The number of nitrogens with two attached hydrogens (primary N) is 1. The zero-order chi connectivity index (χ0) is 20.5. The van der Waals surface area contributed by atoms with Crippen molar-refractivity contribution in [2.75, 3.05) is 16.4 Å². The van der Waals surface area contributed by atoms with Crippen LogP contribution < -0.4 is 27.5 Å². The van der Waals surface area contributed by atoms with E-state index in [1.807, 2.05) is 0 Å². The van der Waals surface area contributed by atoms with Gasteiger partial charge in [0.05, 0.1) is 33.1 Å². The Labute approximate surface area is 160 Å². The molecule has 0 atom stereocenters. The largest absolute Gasteiger partial charge is 0.420 e. The van der Waals surface area contributed by atoms with Crippen LogP contribution in [0.3, 0.4) is 0 Å². The molecule has 146 valence electrons. The van der Waals surface area contributed by atoms with Gasteiger partial charge in [0.15, 0.2) is 0 Å². The second kappa shape index (κ2) is 7.31. The van der Waals surface area contributed by atoms with Gasteiger partial charge in [-0.05, 0) is 18.2 Å². The van der Waals surface area contributed by atoms with E-state index in [1.165, 1.54) is 18.5 Å². The highest BCUT2D eigenvalue weighted by Crippen LogP contribution is 2.46. The second-order valence-corrected chi connectivity index (χ2v) is 6.05. The number of H-pyrrole nitrogens is 2. The summed E-state index contributed by atoms with van der Waals surface area (Å²) in [5.41, 5.74) is 4.10. The fraction of sp³-hybridized carbons (Fsp3) is 0.0588. The highest BCUT2D eigenvalue weighted by Gasteiger charge is 2.38. The van der Waals surface area contributed by atoms with Gasteiger partial charge in [-0.15, -0.1) is 0 Å². The molecule has 0 saturated carbocycles. The summed E-state index contributed by atoms with van der Waals surface area (Å²) in [5, 5.41) is 5.04. The van der Waals surface area contributed by atoms with Gasteiger partial charge in [-0.1, -0.05) is 23.7 Å². The Morgan fingerprint density at radius 3 is 2.00 bits per heavy atom. The predicted octanol–water partition coefficient (Wildman–Crippen LogP) is 3.47. The lowest BCUT2D eigenvalue weighted by Crippen LogP contribution is -2.28. The van der Waals surface area contributed by atoms with E-state index in [-0.39, 0.29) is 16.4 Å². The van der Waals surface area contributed by atoms with Crippen molar-refractivity contribution in [1.82, 2.24) is 9.97 Å². The summed E-state index contributed by atoms with van der Waals surface area (Å²) >= 11 is 5.64. The number of halogens is 4. The number of alkyl halides is 3. The first kappa shape index (κ1) is 19.4. The minimum atomic E-state index is -4.56. The van der Waals surface area contributed by atoms with Gasteiger partial charge in [0.25, 0.3) is 0 Å². The van der Waals surface area contributed by atoms with Gasteiger partial charge in [0, 0.05) is 12.4 Å². The average molecular weight is 412 g/mol. The molecule has 2 aromatic carbocycles. The Kier molecular flexibility index (Phi) is 5.06. The van der Waals surface area contributed by atoms with Crippen molar-refractivity contribution in [3.63, 3.8) is 0 Å². The van der Waals surface area contributed by atoms with Crippen LogP contribution >= 0.6 is 11.6 Å². The van der Waals surface area contributed by atoms with Crippen molar-refractivity contribution in [2.45, 2.75) is 6.18 Å². The summed E-state index contributed by atoms with van der Waals surface area (Å²) in [4.78, 5) is 26.6. The van der Waals surface area contributed by atoms with E-state index in [0.29, 0.717) is 11.0 Å². The molecule has 0 unspecified atom stereocenters. The number of aromatic nitrogens is 2. The first-order valence-corrected chi connectivity index (χ1v) is 8.15. The summed E-state index contributed by atoms with van der Waals surface area (Å²) in [6.07, 6.45) is -1.74. The molecule has 0 bridgehead atoms. The van der Waals surface area contributed by atoms with Crippen LogP contribution in [0.2, 0.25) is 5.02 Å². The van der Waals surface area contributed by atoms with Crippen LogP contribution in [0.15, 0.2) is 52.3 Å². The average Bonchev–Trinajstić information content (AvgIpc) is 2.63. The second-order valence-electron chi connectivity index (χ2n) is 5.64. The van der Waals surface area contributed by atoms with Crippen molar-refractivity contribution in [3.05, 3.63) is 74.0 Å². The Morgan fingerprint density at radius 1 is 0.929 bits per heavy atom. The molecule has 1 aromatic heterocycles. The molecule has 0 amide bonds. The molecule has 0 saturated heterocycles. The summed E-state index contributed by atoms with van der Waals surface area (Å²) in [5.74, 6) is 0. The van der Waals surface area contributed by atoms with Gasteiger partial charge >= 0.3 is 17.3 Å². The molecule has 0 spiro atoms. The Hall–Kier alpha value is -3.40. The van der Waals surface area contributed by atoms with Gasteiger partial charge in [-0.25, -0.2) is 0 Å². The molecule has 1 aliphatic rings. The van der Waals surface area contributed by atoms with Crippen LogP contribution in [-0.2, 0) is 6.18 Å². The van der Waals surface area contributed by atoms with E-state index >= 15 is 0 Å². The third kappa shape index (κ3) is 3.81. The van der Waals surface area contributed by atoms with Crippen molar-refractivity contribution in [2.24, 2.45) is 0 Å². The molecule has 7 nitrogen and oxygen atoms in total. The van der Waals surface area contributed by atoms with Crippen LogP contribution in [0.1, 0.15) is 5.56 Å². The minimum absolute atomic E-state index is 0.114. The summed E-state index contributed by atoms with van der Waals surface area (Å²) in [7, 11) is 0. The molecule has 4 rings (SSSR count). The molecular weight excluding hydrogens is 399 g/mol. The molecule has 0 fully saturated rings. The predicted molar refractivity (Wildman–Crippen MR) is 102 cm³/mol. The van der Waals surface area contributed by atoms with Gasteiger partial charge in [0.1, 0.15) is 5.56 Å². The Bertz CT molecular complexity index is 1140. The van der Waals surface area contributed by atoms with Crippen molar-refractivity contribution < 1.29 is 13.2 Å². The highest BCUT2D eigenvalue weighted by molar-refractivity contribution is 6.34. The fourth-order valence-electron chi connectivity index (χ4n) is 2.54. The van der Waals surface area contributed by atoms with Gasteiger partial charge in [-0.2, -0.15) is 13.2 Å². The number of aromatic amines is 2. The Balaban J connectivity index is 0.000000167. The van der Waals surface area contributed by atoms with E-state index in [9.17, 15) is 22.8 Å². The lowest BCUT2D eigenvalue weighted by atomic mass is 10.1. The van der Waals surface area contributed by atoms with E-state index in [0.717, 1.165) is 0 Å². The zero-order valence-corrected chi connectivity index (χ0v) is 14.7. The third-order valence-corrected chi connectivity index (χ3v) is 4.09. The van der Waals surface area contributed by atoms with Crippen LogP contribution in [0.25, 0.3) is 11.0 Å². The molecule has 2 heterocycles. The maximum Gasteiger partial charge on any atom is 0.420 e. The maximum absolute atomic E-state index is 12.8. The number of nitrogen functional groups attached to an aromatic ring is 1. The molecule has 0 aliphatic carbocycles. The molecule has 0 radical (unpaired) electrons. The summed E-state index contributed by atoms with van der Waals surface area (Å²) in [6.45, 7) is 0. The molecule has 6 N–H and O–H groups in total. The normalized spacial score (nSPS) is 12.4. The van der Waals surface area contributed by atoms with Gasteiger partial charge in [0.2, 0.25) is 0 Å². The quantitative estimate of drug-likeness (QED) is 0.287. The first-order chi connectivity index (χ1) is 13.2. The molecule has 3 aromatic rings. The van der Waals surface area contributed by atoms with Crippen molar-refractivity contribution >= 4 is 39.7 Å². The molecule has 11 heteroatoms. The van der Waals surface area contributed by atoms with Crippen LogP contribution in [-0.4, -0.2) is 9.97 Å². The number of para-hydroxylation sites is 2. The number of rotatable bonds is 0. The topological polar surface area (TPSA) is 116 Å². The van der Waals surface area contributed by atoms with Gasteiger partial charge < -0.3 is 26.3 Å².